The topological polar surface area (TPSA) is 75.7 Å². The molecule has 2 amide bonds. The number of hydrogen-bond acceptors (Lipinski definition) is 4. The third-order valence-corrected chi connectivity index (χ3v) is 5.79. The highest BCUT2D eigenvalue weighted by Gasteiger charge is 2.46. The summed E-state index contributed by atoms with van der Waals surface area (Å²) < 4.78 is 6.38. The number of ether oxygens (including phenoxy) is 1. The van der Waals surface area contributed by atoms with E-state index < -0.39 is 18.2 Å². The highest BCUT2D eigenvalue weighted by atomic mass is 79.9. The zero-order valence-corrected chi connectivity index (χ0v) is 16.2. The number of anilines is 1. The molecule has 0 unspecified atom stereocenters. The van der Waals surface area contributed by atoms with Crippen LogP contribution in [0, 0.1) is 6.92 Å². The van der Waals surface area contributed by atoms with Gasteiger partial charge in [0.1, 0.15) is 6.04 Å². The molecule has 1 fully saturated rings. The second-order valence-corrected chi connectivity index (χ2v) is 7.51. The van der Waals surface area contributed by atoms with Crippen LogP contribution in [0.2, 0.25) is 0 Å². The highest BCUT2D eigenvalue weighted by molar-refractivity contribution is 9.10. The molecule has 2 aromatic carbocycles. The third kappa shape index (κ3) is 3.12. The second-order valence-electron chi connectivity index (χ2n) is 6.65. The van der Waals surface area contributed by atoms with E-state index in [2.05, 4.69) is 21.2 Å². The normalized spacial score (nSPS) is 21.2. The maximum atomic E-state index is 12.9. The number of amides is 2. The fourth-order valence-electron chi connectivity index (χ4n) is 3.54. The van der Waals surface area contributed by atoms with Crippen molar-refractivity contribution in [3.63, 3.8) is 0 Å². The molecule has 138 valence electrons. The number of likely N-dealkylation sites (tertiary alicyclic amines) is 1. The van der Waals surface area contributed by atoms with Gasteiger partial charge in [0.25, 0.3) is 0 Å². The van der Waals surface area contributed by atoms with Gasteiger partial charge in [0.05, 0.1) is 5.56 Å². The second kappa shape index (κ2) is 6.81. The first kappa shape index (κ1) is 17.7. The molecule has 0 bridgehead atoms. The molecule has 2 atom stereocenters. The van der Waals surface area contributed by atoms with E-state index in [1.54, 1.807) is 30.3 Å². The van der Waals surface area contributed by atoms with Gasteiger partial charge in [-0.3, -0.25) is 14.5 Å². The fourth-order valence-corrected chi connectivity index (χ4v) is 3.78. The molecular weight excluding hydrogens is 412 g/mol. The van der Waals surface area contributed by atoms with Crippen molar-refractivity contribution in [2.45, 2.75) is 32.0 Å². The van der Waals surface area contributed by atoms with Crippen LogP contribution in [0.3, 0.4) is 0 Å². The van der Waals surface area contributed by atoms with Gasteiger partial charge in [0.15, 0.2) is 0 Å². The summed E-state index contributed by atoms with van der Waals surface area (Å²) >= 11 is 3.43. The largest absolute Gasteiger partial charge is 0.433 e. The highest BCUT2D eigenvalue weighted by Crippen LogP contribution is 2.38. The maximum Gasteiger partial charge on any atom is 0.340 e. The number of cyclic esters (lactones) is 1. The number of esters is 1. The molecule has 0 spiro atoms. The molecule has 0 aromatic heterocycles. The Bertz CT molecular complexity index is 959. The van der Waals surface area contributed by atoms with Crippen molar-refractivity contribution in [2.24, 2.45) is 0 Å². The lowest BCUT2D eigenvalue weighted by Gasteiger charge is -2.29. The minimum Gasteiger partial charge on any atom is -0.433 e. The number of hydrogen-bond donors (Lipinski definition) is 1. The van der Waals surface area contributed by atoms with Gasteiger partial charge in [-0.25, -0.2) is 4.79 Å². The zero-order valence-electron chi connectivity index (χ0n) is 14.6. The molecule has 7 heteroatoms. The number of nitrogens with one attached hydrogen (secondary N) is 1. The molecule has 0 aliphatic carbocycles. The molecule has 2 aromatic rings. The van der Waals surface area contributed by atoms with E-state index in [0.717, 1.165) is 10.0 Å². The monoisotopic (exact) mass is 428 g/mol. The molecule has 6 nitrogen and oxygen atoms in total. The maximum absolute atomic E-state index is 12.9. The van der Waals surface area contributed by atoms with Crippen LogP contribution in [0.4, 0.5) is 5.69 Å². The average Bonchev–Trinajstić information content (AvgIpc) is 3.19. The number of carbonyl (C=O) groups excluding carboxylic acids is 3. The number of rotatable bonds is 3. The summed E-state index contributed by atoms with van der Waals surface area (Å²) in [6.07, 6.45) is -0.226. The Morgan fingerprint density at radius 2 is 2.00 bits per heavy atom. The minimum absolute atomic E-state index is 0.198. The van der Waals surface area contributed by atoms with Crippen LogP contribution in [0.25, 0.3) is 0 Å². The van der Waals surface area contributed by atoms with Gasteiger partial charge in [0, 0.05) is 22.1 Å². The van der Waals surface area contributed by atoms with Crippen molar-refractivity contribution in [1.82, 2.24) is 4.90 Å². The van der Waals surface area contributed by atoms with Gasteiger partial charge in [-0.05, 0) is 43.2 Å². The fraction of sp³-hybridized carbons (Fsp3) is 0.250. The Hall–Kier alpha value is -2.67. The molecule has 2 aliphatic rings. The Morgan fingerprint density at radius 1 is 1.22 bits per heavy atom. The van der Waals surface area contributed by atoms with Crippen molar-refractivity contribution in [2.75, 3.05) is 5.32 Å². The summed E-state index contributed by atoms with van der Waals surface area (Å²) in [5, 5.41) is 2.87. The Morgan fingerprint density at radius 3 is 2.78 bits per heavy atom. The van der Waals surface area contributed by atoms with Gasteiger partial charge in [0.2, 0.25) is 18.0 Å². The first-order chi connectivity index (χ1) is 13.0. The molecular formula is C20H17BrN2O4. The molecule has 0 saturated carbocycles. The lowest BCUT2D eigenvalue weighted by atomic mass is 10.1. The lowest BCUT2D eigenvalue weighted by molar-refractivity contribution is -0.144. The standard InChI is InChI=1S/C20H17BrN2O4/c1-11-10-12(6-7-15(11)21)22-18(25)16-8-9-17(24)23(16)19-13-4-2-3-5-14(13)20(26)27-19/h2-7,10,16,19H,8-9H2,1H3,(H,22,25)/t16-,19-/m1/s1. The Labute approximate surface area is 164 Å². The molecule has 27 heavy (non-hydrogen) atoms. The van der Waals surface area contributed by atoms with Crippen molar-refractivity contribution in [1.29, 1.82) is 0 Å². The number of fused-ring (bicyclic) bond motifs is 1. The quantitative estimate of drug-likeness (QED) is 0.758. The smallest absolute Gasteiger partial charge is 0.340 e. The minimum atomic E-state index is -0.855. The zero-order chi connectivity index (χ0) is 19.1. The number of aryl methyl sites for hydroxylation is 1. The first-order valence-corrected chi connectivity index (χ1v) is 9.43. The van der Waals surface area contributed by atoms with Gasteiger partial charge < -0.3 is 10.1 Å². The van der Waals surface area contributed by atoms with Crippen LogP contribution < -0.4 is 5.32 Å². The number of benzene rings is 2. The number of halogens is 1. The van der Waals surface area contributed by atoms with E-state index in [-0.39, 0.29) is 18.2 Å². The van der Waals surface area contributed by atoms with E-state index in [0.29, 0.717) is 23.2 Å². The Balaban J connectivity index is 1.59. The molecule has 4 rings (SSSR count). The number of nitrogens with zero attached hydrogens (tertiary/aromatic N) is 1. The summed E-state index contributed by atoms with van der Waals surface area (Å²) in [7, 11) is 0. The van der Waals surface area contributed by atoms with Crippen LogP contribution in [0.1, 0.15) is 40.6 Å². The molecule has 2 heterocycles. The Kier molecular flexibility index (Phi) is 4.47. The van der Waals surface area contributed by atoms with Crippen LogP contribution in [0.15, 0.2) is 46.9 Å². The van der Waals surface area contributed by atoms with Crippen molar-refractivity contribution >= 4 is 39.4 Å². The number of carbonyl (C=O) groups is 3. The third-order valence-electron chi connectivity index (χ3n) is 4.90. The van der Waals surface area contributed by atoms with E-state index in [9.17, 15) is 14.4 Å². The van der Waals surface area contributed by atoms with E-state index in [1.165, 1.54) is 4.90 Å². The van der Waals surface area contributed by atoms with Gasteiger partial charge in [-0.2, -0.15) is 0 Å². The van der Waals surface area contributed by atoms with Crippen LogP contribution in [-0.2, 0) is 14.3 Å². The molecule has 0 radical (unpaired) electrons. The van der Waals surface area contributed by atoms with Crippen molar-refractivity contribution in [3.05, 3.63) is 63.6 Å². The predicted octanol–water partition coefficient (Wildman–Crippen LogP) is 3.56. The van der Waals surface area contributed by atoms with E-state index >= 15 is 0 Å². The summed E-state index contributed by atoms with van der Waals surface area (Å²) in [5.41, 5.74) is 2.70. The summed E-state index contributed by atoms with van der Waals surface area (Å²) in [6.45, 7) is 1.93. The first-order valence-electron chi connectivity index (χ1n) is 8.64. The average molecular weight is 429 g/mol. The lowest BCUT2D eigenvalue weighted by Crippen LogP contribution is -2.43. The predicted molar refractivity (Wildman–Crippen MR) is 102 cm³/mol. The summed E-state index contributed by atoms with van der Waals surface area (Å²) in [6, 6.07) is 11.8. The van der Waals surface area contributed by atoms with E-state index in [1.807, 2.05) is 19.1 Å². The van der Waals surface area contributed by atoms with Crippen molar-refractivity contribution in [3.8, 4) is 0 Å². The van der Waals surface area contributed by atoms with Gasteiger partial charge in [-0.15, -0.1) is 0 Å². The van der Waals surface area contributed by atoms with Crippen LogP contribution in [-0.4, -0.2) is 28.7 Å². The van der Waals surface area contributed by atoms with Crippen LogP contribution in [0.5, 0.6) is 0 Å². The van der Waals surface area contributed by atoms with Crippen LogP contribution >= 0.6 is 15.9 Å². The SMILES string of the molecule is Cc1cc(NC(=O)[C@H]2CCC(=O)N2[C@@H]2OC(=O)c3ccccc32)ccc1Br. The van der Waals surface area contributed by atoms with E-state index in [4.69, 9.17) is 4.74 Å². The summed E-state index contributed by atoms with van der Waals surface area (Å²) in [4.78, 5) is 38.9. The van der Waals surface area contributed by atoms with Gasteiger partial charge >= 0.3 is 5.97 Å². The van der Waals surface area contributed by atoms with Crippen molar-refractivity contribution < 1.29 is 19.1 Å². The summed E-state index contributed by atoms with van der Waals surface area (Å²) in [5.74, 6) is -0.961. The van der Waals surface area contributed by atoms with Gasteiger partial charge in [-0.1, -0.05) is 34.1 Å². The molecule has 2 aliphatic heterocycles. The molecule has 1 saturated heterocycles. The molecule has 1 N–H and O–H groups in total.